The molecule has 0 aliphatic carbocycles. The predicted molar refractivity (Wildman–Crippen MR) is 75.0 cm³/mol. The highest BCUT2D eigenvalue weighted by molar-refractivity contribution is 7.92. The zero-order valence-electron chi connectivity index (χ0n) is 11.1. The van der Waals surface area contributed by atoms with Gasteiger partial charge in [0.15, 0.2) is 0 Å². The van der Waals surface area contributed by atoms with Crippen molar-refractivity contribution in [2.45, 2.75) is 4.90 Å². The van der Waals surface area contributed by atoms with Gasteiger partial charge in [-0.2, -0.15) is 0 Å². The fourth-order valence-corrected chi connectivity index (χ4v) is 3.09. The Bertz CT molecular complexity index is 716. The van der Waals surface area contributed by atoms with Gasteiger partial charge in [0.25, 0.3) is 10.0 Å². The molecular weight excluding hydrogens is 281 g/mol. The molecule has 0 aliphatic rings. The second kappa shape index (κ2) is 5.50. The number of ether oxygens (including phenoxy) is 1. The number of benzene rings is 2. The van der Waals surface area contributed by atoms with Gasteiger partial charge in [-0.25, -0.2) is 12.8 Å². The van der Waals surface area contributed by atoms with E-state index in [4.69, 9.17) is 4.74 Å². The second-order valence-electron chi connectivity index (χ2n) is 4.07. The second-order valence-corrected chi connectivity index (χ2v) is 6.01. The van der Waals surface area contributed by atoms with Crippen molar-refractivity contribution >= 4 is 15.7 Å². The first kappa shape index (κ1) is 14.3. The van der Waals surface area contributed by atoms with Crippen LogP contribution < -0.4 is 9.04 Å². The van der Waals surface area contributed by atoms with Crippen molar-refractivity contribution < 1.29 is 17.5 Å². The first-order valence-corrected chi connectivity index (χ1v) is 7.29. The monoisotopic (exact) mass is 295 g/mol. The molecule has 0 fully saturated rings. The van der Waals surface area contributed by atoms with E-state index < -0.39 is 15.8 Å². The van der Waals surface area contributed by atoms with Crippen molar-refractivity contribution in [3.8, 4) is 5.75 Å². The van der Waals surface area contributed by atoms with Crippen LogP contribution in [0.4, 0.5) is 10.1 Å². The molecule has 4 nitrogen and oxygen atoms in total. The molecule has 6 heteroatoms. The maximum absolute atomic E-state index is 13.7. The molecule has 0 atom stereocenters. The SMILES string of the molecule is COc1ccccc1N(C)S(=O)(=O)c1ccccc1F. The molecule has 2 rings (SSSR count). The lowest BCUT2D eigenvalue weighted by molar-refractivity contribution is 0.415. The molecule has 0 unspecified atom stereocenters. The number of hydrogen-bond acceptors (Lipinski definition) is 3. The Balaban J connectivity index is 2.52. The van der Waals surface area contributed by atoms with Crippen molar-refractivity contribution in [3.63, 3.8) is 0 Å². The Morgan fingerprint density at radius 3 is 2.30 bits per heavy atom. The maximum atomic E-state index is 13.7. The summed E-state index contributed by atoms with van der Waals surface area (Å²) in [5.41, 5.74) is 0.346. The molecule has 0 amide bonds. The average molecular weight is 295 g/mol. The summed E-state index contributed by atoms with van der Waals surface area (Å²) in [7, 11) is -1.17. The number of nitrogens with zero attached hydrogens (tertiary/aromatic N) is 1. The average Bonchev–Trinajstić information content (AvgIpc) is 2.46. The van der Waals surface area contributed by atoms with E-state index in [-0.39, 0.29) is 4.90 Å². The number of rotatable bonds is 4. The molecule has 106 valence electrons. The highest BCUT2D eigenvalue weighted by Crippen LogP contribution is 2.31. The molecular formula is C14H14FNO3S. The summed E-state index contributed by atoms with van der Waals surface area (Å²) in [6, 6.07) is 11.9. The number of sulfonamides is 1. The van der Waals surface area contributed by atoms with Gasteiger partial charge in [0, 0.05) is 7.05 Å². The van der Waals surface area contributed by atoms with Gasteiger partial charge in [0.2, 0.25) is 0 Å². The van der Waals surface area contributed by atoms with Crippen LogP contribution in [0.1, 0.15) is 0 Å². The van der Waals surface area contributed by atoms with Gasteiger partial charge in [0.1, 0.15) is 16.5 Å². The highest BCUT2D eigenvalue weighted by atomic mass is 32.2. The third-order valence-electron chi connectivity index (χ3n) is 2.90. The number of para-hydroxylation sites is 2. The summed E-state index contributed by atoms with van der Waals surface area (Å²) in [6.07, 6.45) is 0. The van der Waals surface area contributed by atoms with E-state index in [9.17, 15) is 12.8 Å². The predicted octanol–water partition coefficient (Wildman–Crippen LogP) is 2.66. The molecule has 0 aliphatic heterocycles. The molecule has 0 spiro atoms. The van der Waals surface area contributed by atoms with E-state index in [0.717, 1.165) is 10.4 Å². The Labute approximate surface area is 117 Å². The largest absolute Gasteiger partial charge is 0.495 e. The fraction of sp³-hybridized carbons (Fsp3) is 0.143. The van der Waals surface area contributed by atoms with E-state index in [2.05, 4.69) is 0 Å². The van der Waals surface area contributed by atoms with Gasteiger partial charge in [-0.3, -0.25) is 4.31 Å². The van der Waals surface area contributed by atoms with Gasteiger partial charge in [-0.15, -0.1) is 0 Å². The van der Waals surface area contributed by atoms with Crippen molar-refractivity contribution in [1.29, 1.82) is 0 Å². The summed E-state index contributed by atoms with van der Waals surface area (Å²) >= 11 is 0. The number of anilines is 1. The molecule has 0 bridgehead atoms. The minimum absolute atomic E-state index is 0.346. The van der Waals surface area contributed by atoms with Gasteiger partial charge in [-0.05, 0) is 24.3 Å². The van der Waals surface area contributed by atoms with Crippen LogP contribution in [0.25, 0.3) is 0 Å². The zero-order valence-corrected chi connectivity index (χ0v) is 11.9. The van der Waals surface area contributed by atoms with Crippen LogP contribution in [-0.2, 0) is 10.0 Å². The summed E-state index contributed by atoms with van der Waals surface area (Å²) in [6.45, 7) is 0. The smallest absolute Gasteiger partial charge is 0.267 e. The third-order valence-corrected chi connectivity index (χ3v) is 4.70. The summed E-state index contributed by atoms with van der Waals surface area (Å²) in [4.78, 5) is -0.367. The van der Waals surface area contributed by atoms with Crippen molar-refractivity contribution in [2.24, 2.45) is 0 Å². The lowest BCUT2D eigenvalue weighted by atomic mass is 10.3. The number of halogens is 1. The first-order valence-electron chi connectivity index (χ1n) is 5.85. The van der Waals surface area contributed by atoms with Crippen LogP contribution in [0.5, 0.6) is 5.75 Å². The Morgan fingerprint density at radius 1 is 1.05 bits per heavy atom. The molecule has 0 saturated heterocycles. The van der Waals surface area contributed by atoms with E-state index in [1.54, 1.807) is 24.3 Å². The lowest BCUT2D eigenvalue weighted by Crippen LogP contribution is -2.27. The van der Waals surface area contributed by atoms with Gasteiger partial charge < -0.3 is 4.74 Å². The van der Waals surface area contributed by atoms with Crippen LogP contribution >= 0.6 is 0 Å². The van der Waals surface area contributed by atoms with Crippen LogP contribution in [0.3, 0.4) is 0 Å². The van der Waals surface area contributed by atoms with Crippen molar-refractivity contribution in [3.05, 3.63) is 54.3 Å². The van der Waals surface area contributed by atoms with Gasteiger partial charge in [-0.1, -0.05) is 24.3 Å². The van der Waals surface area contributed by atoms with Crippen LogP contribution in [0.15, 0.2) is 53.4 Å². The van der Waals surface area contributed by atoms with Crippen LogP contribution in [0, 0.1) is 5.82 Å². The van der Waals surface area contributed by atoms with Crippen molar-refractivity contribution in [1.82, 2.24) is 0 Å². The van der Waals surface area contributed by atoms with E-state index in [0.29, 0.717) is 11.4 Å². The molecule has 2 aromatic rings. The Kier molecular flexibility index (Phi) is 3.94. The zero-order chi connectivity index (χ0) is 14.8. The number of hydrogen-bond donors (Lipinski definition) is 0. The number of methoxy groups -OCH3 is 1. The maximum Gasteiger partial charge on any atom is 0.267 e. The molecule has 0 radical (unpaired) electrons. The summed E-state index contributed by atoms with van der Waals surface area (Å²) in [5, 5.41) is 0. The molecule has 2 aromatic carbocycles. The molecule has 0 saturated carbocycles. The van der Waals surface area contributed by atoms with Gasteiger partial charge in [0.05, 0.1) is 12.8 Å². The van der Waals surface area contributed by atoms with Crippen LogP contribution in [-0.4, -0.2) is 22.6 Å². The Morgan fingerprint density at radius 2 is 1.65 bits per heavy atom. The first-order chi connectivity index (χ1) is 9.48. The quantitative estimate of drug-likeness (QED) is 0.871. The molecule has 0 aromatic heterocycles. The standard InChI is InChI=1S/C14H14FNO3S/c1-16(12-8-4-5-9-13(12)19-2)20(17,18)14-10-6-3-7-11(14)15/h3-10H,1-2H3. The highest BCUT2D eigenvalue weighted by Gasteiger charge is 2.26. The van der Waals surface area contributed by atoms with E-state index in [1.165, 1.54) is 32.4 Å². The molecule has 20 heavy (non-hydrogen) atoms. The topological polar surface area (TPSA) is 46.6 Å². The van der Waals surface area contributed by atoms with E-state index in [1.807, 2.05) is 0 Å². The summed E-state index contributed by atoms with van der Waals surface area (Å²) in [5.74, 6) is -0.385. The normalized spacial score (nSPS) is 11.2. The third kappa shape index (κ3) is 2.46. The minimum atomic E-state index is -3.98. The van der Waals surface area contributed by atoms with Crippen LogP contribution in [0.2, 0.25) is 0 Å². The molecule has 0 N–H and O–H groups in total. The summed E-state index contributed by atoms with van der Waals surface area (Å²) < 4.78 is 44.7. The van der Waals surface area contributed by atoms with Gasteiger partial charge >= 0.3 is 0 Å². The fourth-order valence-electron chi connectivity index (χ4n) is 1.82. The van der Waals surface area contributed by atoms with Crippen molar-refractivity contribution in [2.75, 3.05) is 18.5 Å². The lowest BCUT2D eigenvalue weighted by Gasteiger charge is -2.21. The van der Waals surface area contributed by atoms with E-state index >= 15 is 0 Å². The molecule has 0 heterocycles. The minimum Gasteiger partial charge on any atom is -0.495 e. The Hall–Kier alpha value is -2.08.